The van der Waals surface area contributed by atoms with Gasteiger partial charge in [-0.15, -0.1) is 0 Å². The predicted molar refractivity (Wildman–Crippen MR) is 115 cm³/mol. The number of piperazine rings is 1. The summed E-state index contributed by atoms with van der Waals surface area (Å²) in [6.07, 6.45) is 2.36. The van der Waals surface area contributed by atoms with E-state index in [2.05, 4.69) is 14.8 Å². The molecule has 156 valence electrons. The van der Waals surface area contributed by atoms with Crippen molar-refractivity contribution in [3.63, 3.8) is 0 Å². The van der Waals surface area contributed by atoms with E-state index in [0.29, 0.717) is 31.1 Å². The minimum absolute atomic E-state index is 0.378. The summed E-state index contributed by atoms with van der Waals surface area (Å²) >= 11 is 0. The Morgan fingerprint density at radius 1 is 0.793 bits per heavy atom. The van der Waals surface area contributed by atoms with E-state index in [1.807, 2.05) is 32.9 Å². The molecular formula is C21H29N5O2S. The highest BCUT2D eigenvalue weighted by Crippen LogP contribution is 2.24. The molecule has 0 atom stereocenters. The first kappa shape index (κ1) is 20.1. The van der Waals surface area contributed by atoms with Crippen LogP contribution >= 0.6 is 0 Å². The molecule has 0 N–H and O–H groups in total. The lowest BCUT2D eigenvalue weighted by Crippen LogP contribution is -2.49. The second kappa shape index (κ2) is 7.91. The summed E-state index contributed by atoms with van der Waals surface area (Å²) in [5.74, 6) is 1.69. The molecule has 3 heterocycles. The Hall–Kier alpha value is -2.19. The van der Waals surface area contributed by atoms with E-state index in [1.165, 1.54) is 12.8 Å². The Bertz CT molecular complexity index is 994. The van der Waals surface area contributed by atoms with Crippen LogP contribution in [0.25, 0.3) is 0 Å². The summed E-state index contributed by atoms with van der Waals surface area (Å²) in [5, 5.41) is 0. The molecule has 8 heteroatoms. The maximum Gasteiger partial charge on any atom is 0.243 e. The van der Waals surface area contributed by atoms with Crippen molar-refractivity contribution < 1.29 is 8.42 Å². The third kappa shape index (κ3) is 4.09. The van der Waals surface area contributed by atoms with Gasteiger partial charge in [0, 0.05) is 51.0 Å². The van der Waals surface area contributed by atoms with E-state index >= 15 is 0 Å². The van der Waals surface area contributed by atoms with Gasteiger partial charge in [-0.1, -0.05) is 6.07 Å². The molecule has 4 rings (SSSR count). The molecule has 0 unspecified atom stereocenters. The van der Waals surface area contributed by atoms with Crippen molar-refractivity contribution >= 4 is 21.8 Å². The topological polar surface area (TPSA) is 69.6 Å². The first-order chi connectivity index (χ1) is 13.8. The van der Waals surface area contributed by atoms with Gasteiger partial charge in [-0.25, -0.2) is 13.4 Å². The van der Waals surface area contributed by atoms with Crippen molar-refractivity contribution in [1.82, 2.24) is 14.3 Å². The van der Waals surface area contributed by atoms with Crippen LogP contribution in [0.15, 0.2) is 29.2 Å². The molecule has 1 aromatic heterocycles. The molecule has 2 aromatic rings. The molecule has 2 saturated heterocycles. The number of nitrogens with zero attached hydrogens (tertiary/aromatic N) is 5. The molecule has 0 saturated carbocycles. The lowest BCUT2D eigenvalue weighted by atomic mass is 10.1. The molecule has 0 radical (unpaired) electrons. The number of benzene rings is 1. The zero-order valence-electron chi connectivity index (χ0n) is 17.4. The number of hydrogen-bond acceptors (Lipinski definition) is 6. The Labute approximate surface area is 173 Å². The van der Waals surface area contributed by atoms with E-state index in [0.717, 1.165) is 41.7 Å². The second-order valence-electron chi connectivity index (χ2n) is 8.00. The lowest BCUT2D eigenvalue weighted by molar-refractivity contribution is 0.383. The molecular weight excluding hydrogens is 386 g/mol. The Kier molecular flexibility index (Phi) is 5.48. The fraction of sp³-hybridized carbons (Fsp3) is 0.524. The van der Waals surface area contributed by atoms with Crippen LogP contribution in [0, 0.1) is 20.8 Å². The summed E-state index contributed by atoms with van der Waals surface area (Å²) < 4.78 is 27.7. The van der Waals surface area contributed by atoms with Crippen LogP contribution in [0.4, 0.5) is 11.8 Å². The average molecular weight is 416 g/mol. The molecule has 2 aliphatic heterocycles. The standard InChI is InChI=1S/C21H29N5O2S/c1-16-6-7-19(14-17(16)2)29(27,28)26-12-10-24(11-13-26)20-15-18(3)22-21(23-20)25-8-4-5-9-25/h6-7,14-15H,4-5,8-13H2,1-3H3. The summed E-state index contributed by atoms with van der Waals surface area (Å²) in [6, 6.07) is 7.35. The molecule has 1 aromatic carbocycles. The highest BCUT2D eigenvalue weighted by molar-refractivity contribution is 7.89. The highest BCUT2D eigenvalue weighted by Gasteiger charge is 2.29. The molecule has 29 heavy (non-hydrogen) atoms. The summed E-state index contributed by atoms with van der Waals surface area (Å²) in [4.78, 5) is 14.2. The van der Waals surface area contributed by atoms with E-state index in [4.69, 9.17) is 4.98 Å². The average Bonchev–Trinajstić information content (AvgIpc) is 3.24. The minimum atomic E-state index is -3.47. The van der Waals surface area contributed by atoms with Crippen molar-refractivity contribution in [2.45, 2.75) is 38.5 Å². The largest absolute Gasteiger partial charge is 0.354 e. The van der Waals surface area contributed by atoms with Gasteiger partial charge in [-0.05, 0) is 56.9 Å². The number of aryl methyl sites for hydroxylation is 3. The quantitative estimate of drug-likeness (QED) is 0.764. The van der Waals surface area contributed by atoms with E-state index in [1.54, 1.807) is 16.4 Å². The first-order valence-corrected chi connectivity index (χ1v) is 11.7. The van der Waals surface area contributed by atoms with Crippen LogP contribution in [0.2, 0.25) is 0 Å². The highest BCUT2D eigenvalue weighted by atomic mass is 32.2. The molecule has 7 nitrogen and oxygen atoms in total. The normalized spacial score (nSPS) is 18.4. The zero-order valence-corrected chi connectivity index (χ0v) is 18.2. The maximum absolute atomic E-state index is 13.1. The smallest absolute Gasteiger partial charge is 0.243 e. The maximum atomic E-state index is 13.1. The number of sulfonamides is 1. The van der Waals surface area contributed by atoms with Crippen molar-refractivity contribution in [3.8, 4) is 0 Å². The molecule has 2 fully saturated rings. The van der Waals surface area contributed by atoms with Gasteiger partial charge in [0.2, 0.25) is 16.0 Å². The van der Waals surface area contributed by atoms with Gasteiger partial charge >= 0.3 is 0 Å². The van der Waals surface area contributed by atoms with E-state index in [-0.39, 0.29) is 0 Å². The van der Waals surface area contributed by atoms with Crippen LogP contribution in [0.1, 0.15) is 29.7 Å². The van der Waals surface area contributed by atoms with Gasteiger partial charge in [0.1, 0.15) is 5.82 Å². The van der Waals surface area contributed by atoms with Crippen molar-refractivity contribution in [3.05, 3.63) is 41.1 Å². The molecule has 2 aliphatic rings. The Balaban J connectivity index is 1.48. The zero-order chi connectivity index (χ0) is 20.6. The van der Waals surface area contributed by atoms with Crippen LogP contribution in [-0.4, -0.2) is 62.0 Å². The first-order valence-electron chi connectivity index (χ1n) is 10.3. The van der Waals surface area contributed by atoms with Crippen molar-refractivity contribution in [1.29, 1.82) is 0 Å². The number of rotatable bonds is 4. The third-order valence-electron chi connectivity index (χ3n) is 5.90. The van der Waals surface area contributed by atoms with Crippen LogP contribution < -0.4 is 9.80 Å². The Morgan fingerprint density at radius 2 is 1.48 bits per heavy atom. The van der Waals surface area contributed by atoms with Crippen LogP contribution in [0.3, 0.4) is 0 Å². The van der Waals surface area contributed by atoms with Crippen LogP contribution in [-0.2, 0) is 10.0 Å². The van der Waals surface area contributed by atoms with Crippen molar-refractivity contribution in [2.75, 3.05) is 49.1 Å². The van der Waals surface area contributed by atoms with Gasteiger partial charge in [0.05, 0.1) is 4.90 Å². The van der Waals surface area contributed by atoms with Gasteiger partial charge in [-0.3, -0.25) is 0 Å². The molecule has 0 aliphatic carbocycles. The van der Waals surface area contributed by atoms with E-state index in [9.17, 15) is 8.42 Å². The lowest BCUT2D eigenvalue weighted by Gasteiger charge is -2.35. The third-order valence-corrected chi connectivity index (χ3v) is 7.79. The molecule has 0 amide bonds. The summed E-state index contributed by atoms with van der Waals surface area (Å²) in [6.45, 7) is 10.1. The predicted octanol–water partition coefficient (Wildman–Crippen LogP) is 2.51. The summed E-state index contributed by atoms with van der Waals surface area (Å²) in [7, 11) is -3.47. The monoisotopic (exact) mass is 415 g/mol. The van der Waals surface area contributed by atoms with Crippen LogP contribution in [0.5, 0.6) is 0 Å². The van der Waals surface area contributed by atoms with Gasteiger partial charge in [0.25, 0.3) is 0 Å². The minimum Gasteiger partial charge on any atom is -0.354 e. The molecule has 0 bridgehead atoms. The van der Waals surface area contributed by atoms with Gasteiger partial charge in [0.15, 0.2) is 0 Å². The Morgan fingerprint density at radius 3 is 2.14 bits per heavy atom. The number of anilines is 2. The molecule has 0 spiro atoms. The van der Waals surface area contributed by atoms with E-state index < -0.39 is 10.0 Å². The fourth-order valence-corrected chi connectivity index (χ4v) is 5.45. The summed E-state index contributed by atoms with van der Waals surface area (Å²) in [5.41, 5.74) is 3.04. The van der Waals surface area contributed by atoms with Crippen molar-refractivity contribution in [2.24, 2.45) is 0 Å². The SMILES string of the molecule is Cc1cc(N2CCN(S(=O)(=O)c3ccc(C)c(C)c3)CC2)nc(N2CCCC2)n1. The second-order valence-corrected chi connectivity index (χ2v) is 9.94. The van der Waals surface area contributed by atoms with Gasteiger partial charge in [-0.2, -0.15) is 9.29 Å². The van der Waals surface area contributed by atoms with Gasteiger partial charge < -0.3 is 9.80 Å². The fourth-order valence-electron chi connectivity index (χ4n) is 3.94. The number of aromatic nitrogens is 2. The number of hydrogen-bond donors (Lipinski definition) is 0.